The summed E-state index contributed by atoms with van der Waals surface area (Å²) in [6.07, 6.45) is 0.804. The fourth-order valence-electron chi connectivity index (χ4n) is 2.59. The van der Waals surface area contributed by atoms with Gasteiger partial charge in [0.15, 0.2) is 6.61 Å². The third-order valence-electron chi connectivity index (χ3n) is 4.28. The first-order valence-corrected chi connectivity index (χ1v) is 11.0. The number of benzene rings is 2. The van der Waals surface area contributed by atoms with Gasteiger partial charge in [-0.25, -0.2) is 0 Å². The number of amides is 2. The SMILES string of the molecule is CCCNC(=O)[C@@H](C)N(Cc1c(Cl)cccc1Cl)C(=O)COc1ccc(I)cc1. The van der Waals surface area contributed by atoms with Crippen molar-refractivity contribution in [1.82, 2.24) is 10.2 Å². The Bertz CT molecular complexity index is 826. The Hall–Kier alpha value is -1.51. The second kappa shape index (κ2) is 11.6. The summed E-state index contributed by atoms with van der Waals surface area (Å²) in [6.45, 7) is 4.09. The maximum absolute atomic E-state index is 13.0. The Morgan fingerprint density at radius 3 is 2.34 bits per heavy atom. The van der Waals surface area contributed by atoms with Gasteiger partial charge in [-0.1, -0.05) is 36.2 Å². The summed E-state index contributed by atoms with van der Waals surface area (Å²) >= 11 is 14.8. The molecule has 2 rings (SSSR count). The van der Waals surface area contributed by atoms with Crippen molar-refractivity contribution in [2.24, 2.45) is 0 Å². The predicted molar refractivity (Wildman–Crippen MR) is 124 cm³/mol. The van der Waals surface area contributed by atoms with Gasteiger partial charge in [-0.05, 0) is 72.3 Å². The second-order valence-electron chi connectivity index (χ2n) is 6.43. The van der Waals surface area contributed by atoms with Crippen LogP contribution in [-0.4, -0.2) is 35.9 Å². The second-order valence-corrected chi connectivity index (χ2v) is 8.49. The third-order valence-corrected chi connectivity index (χ3v) is 5.71. The molecule has 0 aromatic heterocycles. The number of nitrogens with zero attached hydrogens (tertiary/aromatic N) is 1. The van der Waals surface area contributed by atoms with Crippen LogP contribution in [0, 0.1) is 3.57 Å². The Morgan fingerprint density at radius 1 is 1.14 bits per heavy atom. The lowest BCUT2D eigenvalue weighted by molar-refractivity contribution is -0.142. The first-order chi connectivity index (χ1) is 13.8. The minimum absolute atomic E-state index is 0.105. The first kappa shape index (κ1) is 23.8. The van der Waals surface area contributed by atoms with Gasteiger partial charge >= 0.3 is 0 Å². The largest absolute Gasteiger partial charge is 0.484 e. The molecule has 0 bridgehead atoms. The van der Waals surface area contributed by atoms with Gasteiger partial charge in [-0.15, -0.1) is 0 Å². The summed E-state index contributed by atoms with van der Waals surface area (Å²) < 4.78 is 6.69. The van der Waals surface area contributed by atoms with Crippen molar-refractivity contribution in [3.8, 4) is 5.75 Å². The number of carbonyl (C=O) groups excluding carboxylic acids is 2. The number of halogens is 3. The maximum Gasteiger partial charge on any atom is 0.261 e. The standard InChI is InChI=1S/C21H23Cl2IN2O3/c1-3-11-25-21(28)14(2)26(12-17-18(22)5-4-6-19(17)23)20(27)13-29-16-9-7-15(24)8-10-16/h4-10,14H,3,11-13H2,1-2H3,(H,25,28)/t14-/m1/s1. The van der Waals surface area contributed by atoms with Crippen LogP contribution >= 0.6 is 45.8 Å². The highest BCUT2D eigenvalue weighted by Gasteiger charge is 2.27. The zero-order valence-electron chi connectivity index (χ0n) is 16.3. The number of hydrogen-bond acceptors (Lipinski definition) is 3. The number of rotatable bonds is 9. The predicted octanol–water partition coefficient (Wildman–Crippen LogP) is 4.92. The van der Waals surface area contributed by atoms with Gasteiger partial charge in [0.2, 0.25) is 5.91 Å². The molecule has 0 radical (unpaired) electrons. The lowest BCUT2D eigenvalue weighted by Crippen LogP contribution is -2.49. The van der Waals surface area contributed by atoms with E-state index in [1.165, 1.54) is 4.90 Å². The van der Waals surface area contributed by atoms with Gasteiger partial charge in [0.05, 0.1) is 0 Å². The van der Waals surface area contributed by atoms with Crippen molar-refractivity contribution in [1.29, 1.82) is 0 Å². The summed E-state index contributed by atoms with van der Waals surface area (Å²) in [7, 11) is 0. The molecular formula is C21H23Cl2IN2O3. The molecule has 5 nitrogen and oxygen atoms in total. The smallest absolute Gasteiger partial charge is 0.261 e. The highest BCUT2D eigenvalue weighted by Crippen LogP contribution is 2.26. The van der Waals surface area contributed by atoms with Crippen molar-refractivity contribution in [2.75, 3.05) is 13.2 Å². The van der Waals surface area contributed by atoms with Crippen molar-refractivity contribution in [3.05, 3.63) is 61.6 Å². The maximum atomic E-state index is 13.0. The van der Waals surface area contributed by atoms with E-state index in [0.29, 0.717) is 27.9 Å². The molecule has 0 heterocycles. The van der Waals surface area contributed by atoms with E-state index in [-0.39, 0.29) is 25.0 Å². The molecule has 0 saturated carbocycles. The summed E-state index contributed by atoms with van der Waals surface area (Å²) in [6, 6.07) is 11.8. The first-order valence-electron chi connectivity index (χ1n) is 9.22. The molecule has 0 unspecified atom stereocenters. The van der Waals surface area contributed by atoms with E-state index in [0.717, 1.165) is 9.99 Å². The molecule has 0 aliphatic carbocycles. The monoisotopic (exact) mass is 548 g/mol. The van der Waals surface area contributed by atoms with Gasteiger partial charge in [-0.3, -0.25) is 9.59 Å². The van der Waals surface area contributed by atoms with Crippen molar-refractivity contribution in [2.45, 2.75) is 32.9 Å². The van der Waals surface area contributed by atoms with E-state index < -0.39 is 6.04 Å². The van der Waals surface area contributed by atoms with E-state index in [9.17, 15) is 9.59 Å². The fourth-order valence-corrected chi connectivity index (χ4v) is 3.47. The molecule has 0 aliphatic rings. The molecule has 0 saturated heterocycles. The number of carbonyl (C=O) groups is 2. The molecule has 156 valence electrons. The van der Waals surface area contributed by atoms with E-state index in [1.54, 1.807) is 37.3 Å². The zero-order chi connectivity index (χ0) is 21.4. The Morgan fingerprint density at radius 2 is 1.76 bits per heavy atom. The molecule has 2 aromatic carbocycles. The minimum Gasteiger partial charge on any atom is -0.484 e. The quantitative estimate of drug-likeness (QED) is 0.452. The van der Waals surface area contributed by atoms with Gasteiger partial charge in [0, 0.05) is 32.3 Å². The van der Waals surface area contributed by atoms with Crippen LogP contribution in [0.1, 0.15) is 25.8 Å². The molecule has 8 heteroatoms. The van der Waals surface area contributed by atoms with Crippen LogP contribution in [0.4, 0.5) is 0 Å². The Balaban J connectivity index is 2.19. The van der Waals surface area contributed by atoms with Crippen molar-refractivity contribution >= 4 is 57.6 Å². The van der Waals surface area contributed by atoms with Crippen LogP contribution in [0.5, 0.6) is 5.75 Å². The van der Waals surface area contributed by atoms with Gasteiger partial charge in [-0.2, -0.15) is 0 Å². The van der Waals surface area contributed by atoms with E-state index >= 15 is 0 Å². The number of hydrogen-bond donors (Lipinski definition) is 1. The lowest BCUT2D eigenvalue weighted by Gasteiger charge is -2.29. The highest BCUT2D eigenvalue weighted by molar-refractivity contribution is 14.1. The van der Waals surface area contributed by atoms with Crippen LogP contribution in [-0.2, 0) is 16.1 Å². The van der Waals surface area contributed by atoms with E-state index in [1.807, 2.05) is 19.1 Å². The van der Waals surface area contributed by atoms with Crippen LogP contribution in [0.2, 0.25) is 10.0 Å². The summed E-state index contributed by atoms with van der Waals surface area (Å²) in [5, 5.41) is 3.70. The van der Waals surface area contributed by atoms with Gasteiger partial charge in [0.25, 0.3) is 5.91 Å². The fraction of sp³-hybridized carbons (Fsp3) is 0.333. The van der Waals surface area contributed by atoms with Crippen LogP contribution in [0.15, 0.2) is 42.5 Å². The molecule has 2 amide bonds. The molecule has 1 atom stereocenters. The van der Waals surface area contributed by atoms with E-state index in [2.05, 4.69) is 27.9 Å². The highest BCUT2D eigenvalue weighted by atomic mass is 127. The lowest BCUT2D eigenvalue weighted by atomic mass is 10.1. The number of ether oxygens (including phenoxy) is 1. The average Bonchev–Trinajstić information content (AvgIpc) is 2.70. The molecule has 0 aliphatic heterocycles. The zero-order valence-corrected chi connectivity index (χ0v) is 19.9. The Labute approximate surface area is 194 Å². The van der Waals surface area contributed by atoms with Crippen LogP contribution in [0.25, 0.3) is 0 Å². The number of nitrogens with one attached hydrogen (secondary N) is 1. The summed E-state index contributed by atoms with van der Waals surface area (Å²) in [5.41, 5.74) is 0.591. The Kier molecular flexibility index (Phi) is 9.52. The minimum atomic E-state index is -0.707. The average molecular weight is 549 g/mol. The topological polar surface area (TPSA) is 58.6 Å². The van der Waals surface area contributed by atoms with Crippen LogP contribution < -0.4 is 10.1 Å². The molecule has 1 N–H and O–H groups in total. The molecule has 0 spiro atoms. The van der Waals surface area contributed by atoms with E-state index in [4.69, 9.17) is 27.9 Å². The summed E-state index contributed by atoms with van der Waals surface area (Å²) in [5.74, 6) is 0.00825. The van der Waals surface area contributed by atoms with Gasteiger partial charge in [0.1, 0.15) is 11.8 Å². The van der Waals surface area contributed by atoms with Crippen molar-refractivity contribution in [3.63, 3.8) is 0 Å². The normalized spacial score (nSPS) is 11.6. The molecular weight excluding hydrogens is 526 g/mol. The van der Waals surface area contributed by atoms with Crippen LogP contribution in [0.3, 0.4) is 0 Å². The molecule has 0 fully saturated rings. The van der Waals surface area contributed by atoms with Crippen molar-refractivity contribution < 1.29 is 14.3 Å². The summed E-state index contributed by atoms with van der Waals surface area (Å²) in [4.78, 5) is 26.9. The molecule has 29 heavy (non-hydrogen) atoms. The third kappa shape index (κ3) is 7.04. The molecule has 2 aromatic rings. The van der Waals surface area contributed by atoms with Gasteiger partial charge < -0.3 is 15.0 Å².